The van der Waals surface area contributed by atoms with Crippen molar-refractivity contribution in [2.45, 2.75) is 24.7 Å². The molecular formula is C17H27N3O3S. The average molecular weight is 353 g/mol. The van der Waals surface area contributed by atoms with Gasteiger partial charge in [0.2, 0.25) is 10.0 Å². The number of carbonyl (C=O) groups excluding carboxylic acids is 1. The summed E-state index contributed by atoms with van der Waals surface area (Å²) in [5, 5.41) is 0. The molecule has 6 nitrogen and oxygen atoms in total. The molecule has 0 aromatic heterocycles. The van der Waals surface area contributed by atoms with Crippen LogP contribution in [-0.4, -0.2) is 75.2 Å². The number of hydrogen-bond acceptors (Lipinski definition) is 4. The van der Waals surface area contributed by atoms with Crippen molar-refractivity contribution in [2.75, 3.05) is 46.8 Å². The molecule has 1 aliphatic rings. The van der Waals surface area contributed by atoms with E-state index in [-0.39, 0.29) is 10.8 Å². The highest BCUT2D eigenvalue weighted by Crippen LogP contribution is 2.16. The molecule has 1 aromatic carbocycles. The Labute approximate surface area is 145 Å². The lowest BCUT2D eigenvalue weighted by molar-refractivity contribution is 0.0635. The maximum absolute atomic E-state index is 12.6. The molecule has 0 unspecified atom stereocenters. The monoisotopic (exact) mass is 353 g/mol. The summed E-state index contributed by atoms with van der Waals surface area (Å²) in [6.45, 7) is 6.52. The first-order chi connectivity index (χ1) is 11.4. The summed E-state index contributed by atoms with van der Waals surface area (Å²) in [6, 6.07) is 6.20. The zero-order valence-corrected chi connectivity index (χ0v) is 15.6. The molecule has 1 amide bonds. The van der Waals surface area contributed by atoms with Gasteiger partial charge in [0.15, 0.2) is 0 Å². The number of amides is 1. The topological polar surface area (TPSA) is 60.9 Å². The van der Waals surface area contributed by atoms with Crippen molar-refractivity contribution in [3.05, 3.63) is 29.8 Å². The molecule has 0 atom stereocenters. The van der Waals surface area contributed by atoms with Crippen molar-refractivity contribution in [1.82, 2.24) is 14.1 Å². The van der Waals surface area contributed by atoms with Gasteiger partial charge in [-0.25, -0.2) is 12.7 Å². The van der Waals surface area contributed by atoms with Gasteiger partial charge < -0.3 is 4.90 Å². The van der Waals surface area contributed by atoms with Gasteiger partial charge in [-0.3, -0.25) is 9.69 Å². The first kappa shape index (κ1) is 18.9. The number of piperazine rings is 1. The number of benzene rings is 1. The summed E-state index contributed by atoms with van der Waals surface area (Å²) in [5.41, 5.74) is 0.537. The third-order valence-corrected chi connectivity index (χ3v) is 6.20. The van der Waals surface area contributed by atoms with Crippen LogP contribution in [0.15, 0.2) is 29.2 Å². The number of nitrogens with zero attached hydrogens (tertiary/aromatic N) is 3. The highest BCUT2D eigenvalue weighted by Gasteiger charge is 2.23. The Morgan fingerprint density at radius 3 is 2.17 bits per heavy atom. The Bertz CT molecular complexity index is 648. The minimum atomic E-state index is -3.46. The molecule has 24 heavy (non-hydrogen) atoms. The third-order valence-electron chi connectivity index (χ3n) is 4.37. The molecule has 1 aliphatic heterocycles. The standard InChI is InChI=1S/C17H27N3O3S/c1-4-5-10-19-11-13-20(14-12-19)17(21)15-6-8-16(9-7-15)24(22,23)18(2)3/h6-9H,4-5,10-14H2,1-3H3. The van der Waals surface area contributed by atoms with Gasteiger partial charge in [0, 0.05) is 45.8 Å². The minimum absolute atomic E-state index is 0.0288. The second-order valence-corrected chi connectivity index (χ2v) is 8.45. The van der Waals surface area contributed by atoms with Crippen LogP contribution in [0.4, 0.5) is 0 Å². The molecule has 0 N–H and O–H groups in total. The van der Waals surface area contributed by atoms with Gasteiger partial charge in [-0.15, -0.1) is 0 Å². The van der Waals surface area contributed by atoms with Crippen molar-refractivity contribution < 1.29 is 13.2 Å². The molecule has 1 saturated heterocycles. The first-order valence-electron chi connectivity index (χ1n) is 8.40. The van der Waals surface area contributed by atoms with E-state index in [1.165, 1.54) is 43.4 Å². The highest BCUT2D eigenvalue weighted by molar-refractivity contribution is 7.89. The Kier molecular flexibility index (Phi) is 6.37. The van der Waals surface area contributed by atoms with Crippen LogP contribution in [0, 0.1) is 0 Å². The fourth-order valence-electron chi connectivity index (χ4n) is 2.72. The van der Waals surface area contributed by atoms with Gasteiger partial charge in [-0.2, -0.15) is 0 Å². The molecule has 0 saturated carbocycles. The second kappa shape index (κ2) is 8.09. The van der Waals surface area contributed by atoms with Gasteiger partial charge in [-0.05, 0) is 37.2 Å². The zero-order chi connectivity index (χ0) is 17.7. The fraction of sp³-hybridized carbons (Fsp3) is 0.588. The number of carbonyl (C=O) groups is 1. The van der Waals surface area contributed by atoms with Gasteiger partial charge in [0.1, 0.15) is 0 Å². The molecule has 134 valence electrons. The van der Waals surface area contributed by atoms with E-state index in [9.17, 15) is 13.2 Å². The van der Waals surface area contributed by atoms with E-state index in [1.54, 1.807) is 12.1 Å². The molecule has 7 heteroatoms. The van der Waals surface area contributed by atoms with E-state index in [2.05, 4.69) is 11.8 Å². The van der Waals surface area contributed by atoms with Crippen LogP contribution in [0.2, 0.25) is 0 Å². The normalized spacial score (nSPS) is 16.6. The van der Waals surface area contributed by atoms with E-state index in [0.717, 1.165) is 32.7 Å². The first-order valence-corrected chi connectivity index (χ1v) is 9.84. The molecule has 0 aliphatic carbocycles. The van der Waals surface area contributed by atoms with Crippen LogP contribution < -0.4 is 0 Å². The maximum atomic E-state index is 12.6. The zero-order valence-electron chi connectivity index (χ0n) is 14.7. The number of hydrogen-bond donors (Lipinski definition) is 0. The lowest BCUT2D eigenvalue weighted by Crippen LogP contribution is -2.48. The van der Waals surface area contributed by atoms with Gasteiger partial charge in [-0.1, -0.05) is 13.3 Å². The predicted octanol–water partition coefficient (Wildman–Crippen LogP) is 1.49. The number of sulfonamides is 1. The summed E-state index contributed by atoms with van der Waals surface area (Å²) in [5.74, 6) is -0.0288. The minimum Gasteiger partial charge on any atom is -0.336 e. The quantitative estimate of drug-likeness (QED) is 0.777. The summed E-state index contributed by atoms with van der Waals surface area (Å²) >= 11 is 0. The van der Waals surface area contributed by atoms with Crippen LogP contribution >= 0.6 is 0 Å². The van der Waals surface area contributed by atoms with Crippen LogP contribution in [0.1, 0.15) is 30.1 Å². The largest absolute Gasteiger partial charge is 0.336 e. The van der Waals surface area contributed by atoms with E-state index in [4.69, 9.17) is 0 Å². The van der Waals surface area contributed by atoms with E-state index < -0.39 is 10.0 Å². The van der Waals surface area contributed by atoms with Crippen molar-refractivity contribution in [1.29, 1.82) is 0 Å². The van der Waals surface area contributed by atoms with Crippen molar-refractivity contribution in [2.24, 2.45) is 0 Å². The van der Waals surface area contributed by atoms with E-state index in [1.807, 2.05) is 4.90 Å². The van der Waals surface area contributed by atoms with Gasteiger partial charge >= 0.3 is 0 Å². The van der Waals surface area contributed by atoms with E-state index in [0.29, 0.717) is 5.56 Å². The predicted molar refractivity (Wildman–Crippen MR) is 94.6 cm³/mol. The Balaban J connectivity index is 1.99. The summed E-state index contributed by atoms with van der Waals surface area (Å²) < 4.78 is 25.3. The lowest BCUT2D eigenvalue weighted by atomic mass is 10.2. The molecule has 0 radical (unpaired) electrons. The SMILES string of the molecule is CCCCN1CCN(C(=O)c2ccc(S(=O)(=O)N(C)C)cc2)CC1. The Morgan fingerprint density at radius 1 is 1.08 bits per heavy atom. The Hall–Kier alpha value is -1.44. The average Bonchev–Trinajstić information content (AvgIpc) is 2.59. The highest BCUT2D eigenvalue weighted by atomic mass is 32.2. The number of rotatable bonds is 6. The smallest absolute Gasteiger partial charge is 0.253 e. The lowest BCUT2D eigenvalue weighted by Gasteiger charge is -2.34. The maximum Gasteiger partial charge on any atom is 0.253 e. The summed E-state index contributed by atoms with van der Waals surface area (Å²) in [6.07, 6.45) is 2.37. The number of unbranched alkanes of at least 4 members (excludes halogenated alkanes) is 1. The van der Waals surface area contributed by atoms with Gasteiger partial charge in [0.05, 0.1) is 4.90 Å². The van der Waals surface area contributed by atoms with Crippen molar-refractivity contribution in [3.63, 3.8) is 0 Å². The van der Waals surface area contributed by atoms with Crippen LogP contribution in [0.25, 0.3) is 0 Å². The summed E-state index contributed by atoms with van der Waals surface area (Å²) in [7, 11) is -0.474. The summed E-state index contributed by atoms with van der Waals surface area (Å²) in [4.78, 5) is 17.0. The van der Waals surface area contributed by atoms with Gasteiger partial charge in [0.25, 0.3) is 5.91 Å². The molecule has 0 bridgehead atoms. The molecule has 1 heterocycles. The molecule has 1 aromatic rings. The fourth-order valence-corrected chi connectivity index (χ4v) is 3.62. The molecular weight excluding hydrogens is 326 g/mol. The van der Waals surface area contributed by atoms with Crippen LogP contribution in [-0.2, 0) is 10.0 Å². The van der Waals surface area contributed by atoms with Crippen molar-refractivity contribution >= 4 is 15.9 Å². The molecule has 0 spiro atoms. The Morgan fingerprint density at radius 2 is 1.67 bits per heavy atom. The van der Waals surface area contributed by atoms with Crippen LogP contribution in [0.5, 0.6) is 0 Å². The molecule has 2 rings (SSSR count). The molecule has 1 fully saturated rings. The van der Waals surface area contributed by atoms with Crippen LogP contribution in [0.3, 0.4) is 0 Å². The second-order valence-electron chi connectivity index (χ2n) is 6.30. The third kappa shape index (κ3) is 4.34. The van der Waals surface area contributed by atoms with Crippen molar-refractivity contribution in [3.8, 4) is 0 Å². The van der Waals surface area contributed by atoms with E-state index >= 15 is 0 Å².